The molecule has 4 nitrogen and oxygen atoms in total. The van der Waals surface area contributed by atoms with Crippen molar-refractivity contribution in [2.75, 3.05) is 13.1 Å². The molecule has 2 atom stereocenters. The molecule has 1 saturated carbocycles. The molecule has 0 saturated heterocycles. The first-order chi connectivity index (χ1) is 9.03. The Kier molecular flexibility index (Phi) is 4.61. The number of hydrogen-bond donors (Lipinski definition) is 1. The van der Waals surface area contributed by atoms with Gasteiger partial charge in [0.25, 0.3) is 0 Å². The molecule has 1 aromatic heterocycles. The van der Waals surface area contributed by atoms with E-state index in [1.807, 2.05) is 17.9 Å². The Morgan fingerprint density at radius 1 is 1.47 bits per heavy atom. The summed E-state index contributed by atoms with van der Waals surface area (Å²) in [6.45, 7) is 9.24. The van der Waals surface area contributed by atoms with E-state index in [1.165, 1.54) is 31.4 Å². The lowest BCUT2D eigenvalue weighted by Crippen LogP contribution is -2.35. The quantitative estimate of drug-likeness (QED) is 0.832. The number of rotatable bonds is 5. The maximum atomic E-state index is 4.12. The lowest BCUT2D eigenvalue weighted by molar-refractivity contribution is 0.155. The minimum atomic E-state index is 0.441. The van der Waals surface area contributed by atoms with E-state index in [9.17, 15) is 0 Å². The Labute approximate surface area is 117 Å². The van der Waals surface area contributed by atoms with Gasteiger partial charge in [0.05, 0.1) is 11.9 Å². The summed E-state index contributed by atoms with van der Waals surface area (Å²) in [4.78, 5) is 0. The van der Waals surface area contributed by atoms with Crippen molar-refractivity contribution in [2.24, 2.45) is 18.4 Å². The monoisotopic (exact) mass is 264 g/mol. The van der Waals surface area contributed by atoms with E-state index in [0.29, 0.717) is 11.3 Å². The van der Waals surface area contributed by atoms with E-state index in [4.69, 9.17) is 0 Å². The van der Waals surface area contributed by atoms with Crippen LogP contribution in [-0.4, -0.2) is 28.1 Å². The van der Waals surface area contributed by atoms with Crippen molar-refractivity contribution in [3.8, 4) is 0 Å². The fourth-order valence-electron chi connectivity index (χ4n) is 3.33. The van der Waals surface area contributed by atoms with Crippen LogP contribution in [0.2, 0.25) is 0 Å². The van der Waals surface area contributed by atoms with Gasteiger partial charge in [0, 0.05) is 13.0 Å². The van der Waals surface area contributed by atoms with Crippen molar-refractivity contribution in [1.29, 1.82) is 0 Å². The van der Waals surface area contributed by atoms with Gasteiger partial charge in [-0.1, -0.05) is 26.0 Å². The molecular formula is C15H28N4. The van der Waals surface area contributed by atoms with E-state index in [0.717, 1.165) is 19.0 Å². The van der Waals surface area contributed by atoms with Crippen molar-refractivity contribution in [3.63, 3.8) is 0 Å². The summed E-state index contributed by atoms with van der Waals surface area (Å²) >= 11 is 0. The van der Waals surface area contributed by atoms with Crippen LogP contribution in [0.3, 0.4) is 0 Å². The van der Waals surface area contributed by atoms with Gasteiger partial charge in [-0.25, -0.2) is 0 Å². The number of nitrogens with one attached hydrogen (secondary N) is 1. The van der Waals surface area contributed by atoms with Crippen molar-refractivity contribution in [3.05, 3.63) is 11.9 Å². The van der Waals surface area contributed by atoms with Gasteiger partial charge in [0.2, 0.25) is 0 Å². The minimum Gasteiger partial charge on any atom is -0.316 e. The molecule has 19 heavy (non-hydrogen) atoms. The second-order valence-corrected chi connectivity index (χ2v) is 6.76. The Morgan fingerprint density at radius 2 is 2.26 bits per heavy atom. The van der Waals surface area contributed by atoms with E-state index in [1.54, 1.807) is 0 Å². The molecule has 1 aromatic rings. The molecule has 2 rings (SSSR count). The number of aromatic nitrogens is 3. The number of aryl methyl sites for hydroxylation is 1. The summed E-state index contributed by atoms with van der Waals surface area (Å²) in [5.74, 6) is 1.31. The van der Waals surface area contributed by atoms with E-state index in [2.05, 4.69) is 36.4 Å². The minimum absolute atomic E-state index is 0.441. The van der Waals surface area contributed by atoms with E-state index < -0.39 is 0 Å². The summed E-state index contributed by atoms with van der Waals surface area (Å²) in [6.07, 6.45) is 7.04. The molecule has 1 N–H and O–H groups in total. The zero-order valence-corrected chi connectivity index (χ0v) is 12.8. The lowest BCUT2D eigenvalue weighted by atomic mass is 9.66. The summed E-state index contributed by atoms with van der Waals surface area (Å²) < 4.78 is 1.96. The van der Waals surface area contributed by atoms with Crippen LogP contribution in [0, 0.1) is 11.3 Å². The van der Waals surface area contributed by atoms with Crippen molar-refractivity contribution in [2.45, 2.75) is 52.4 Å². The first-order valence-corrected chi connectivity index (χ1v) is 7.59. The average Bonchev–Trinajstić information content (AvgIpc) is 2.77. The van der Waals surface area contributed by atoms with Gasteiger partial charge in [0.15, 0.2) is 0 Å². The SMILES string of the molecule is CCCNCC1CCC(C)(C)CC1c1cnnn1C. The third kappa shape index (κ3) is 3.56. The molecule has 0 bridgehead atoms. The van der Waals surface area contributed by atoms with Crippen LogP contribution in [0.5, 0.6) is 0 Å². The molecule has 2 unspecified atom stereocenters. The molecule has 0 aliphatic heterocycles. The van der Waals surface area contributed by atoms with Crippen LogP contribution in [0.15, 0.2) is 6.20 Å². The molecule has 1 fully saturated rings. The number of nitrogens with zero attached hydrogens (tertiary/aromatic N) is 3. The molecule has 1 heterocycles. The first kappa shape index (κ1) is 14.5. The average molecular weight is 264 g/mol. The summed E-state index contributed by atoms with van der Waals surface area (Å²) in [5.41, 5.74) is 1.74. The summed E-state index contributed by atoms with van der Waals surface area (Å²) in [6, 6.07) is 0. The Bertz CT molecular complexity index is 397. The van der Waals surface area contributed by atoms with Crippen LogP contribution in [0.4, 0.5) is 0 Å². The van der Waals surface area contributed by atoms with Gasteiger partial charge in [-0.05, 0) is 50.1 Å². The van der Waals surface area contributed by atoms with Crippen molar-refractivity contribution in [1.82, 2.24) is 20.3 Å². The first-order valence-electron chi connectivity index (χ1n) is 7.59. The molecule has 0 aromatic carbocycles. The number of hydrogen-bond acceptors (Lipinski definition) is 3. The third-order valence-electron chi connectivity index (χ3n) is 4.50. The maximum absolute atomic E-state index is 4.12. The van der Waals surface area contributed by atoms with Gasteiger partial charge >= 0.3 is 0 Å². The lowest BCUT2D eigenvalue weighted by Gasteiger charge is -2.40. The van der Waals surface area contributed by atoms with Gasteiger partial charge < -0.3 is 5.32 Å². The van der Waals surface area contributed by atoms with Gasteiger partial charge in [0.1, 0.15) is 0 Å². The Hall–Kier alpha value is -0.900. The smallest absolute Gasteiger partial charge is 0.0728 e. The zero-order chi connectivity index (χ0) is 13.9. The maximum Gasteiger partial charge on any atom is 0.0728 e. The van der Waals surface area contributed by atoms with Crippen LogP contribution >= 0.6 is 0 Å². The fraction of sp³-hybridized carbons (Fsp3) is 0.867. The summed E-state index contributed by atoms with van der Waals surface area (Å²) in [7, 11) is 2.01. The topological polar surface area (TPSA) is 42.7 Å². The zero-order valence-electron chi connectivity index (χ0n) is 12.8. The molecular weight excluding hydrogens is 236 g/mol. The van der Waals surface area contributed by atoms with Crippen molar-refractivity contribution < 1.29 is 0 Å². The normalized spacial score (nSPS) is 26.5. The molecule has 0 amide bonds. The molecule has 0 radical (unpaired) electrons. The van der Waals surface area contributed by atoms with Crippen LogP contribution in [0.1, 0.15) is 58.1 Å². The Morgan fingerprint density at radius 3 is 2.89 bits per heavy atom. The van der Waals surface area contributed by atoms with E-state index in [-0.39, 0.29) is 0 Å². The second-order valence-electron chi connectivity index (χ2n) is 6.76. The molecule has 1 aliphatic carbocycles. The fourth-order valence-corrected chi connectivity index (χ4v) is 3.33. The standard InChI is InChI=1S/C15H28N4/c1-5-8-16-10-12-6-7-15(2,3)9-13(12)14-11-17-18-19(14)4/h11-13,16H,5-10H2,1-4H3. The highest BCUT2D eigenvalue weighted by molar-refractivity contribution is 5.09. The largest absolute Gasteiger partial charge is 0.316 e. The van der Waals surface area contributed by atoms with Crippen LogP contribution < -0.4 is 5.32 Å². The highest BCUT2D eigenvalue weighted by Gasteiger charge is 2.36. The molecule has 4 heteroatoms. The van der Waals surface area contributed by atoms with Crippen LogP contribution in [0.25, 0.3) is 0 Å². The predicted molar refractivity (Wildman–Crippen MR) is 78.0 cm³/mol. The predicted octanol–water partition coefficient (Wildman–Crippen LogP) is 2.72. The van der Waals surface area contributed by atoms with Crippen molar-refractivity contribution >= 4 is 0 Å². The molecule has 108 valence electrons. The van der Waals surface area contributed by atoms with Gasteiger partial charge in [-0.2, -0.15) is 0 Å². The van der Waals surface area contributed by atoms with Gasteiger partial charge in [-0.3, -0.25) is 4.68 Å². The van der Waals surface area contributed by atoms with Gasteiger partial charge in [-0.15, -0.1) is 5.10 Å². The summed E-state index contributed by atoms with van der Waals surface area (Å²) in [5, 5.41) is 11.8. The molecule has 1 aliphatic rings. The second kappa shape index (κ2) is 6.04. The molecule has 0 spiro atoms. The highest BCUT2D eigenvalue weighted by atomic mass is 15.4. The highest BCUT2D eigenvalue weighted by Crippen LogP contribution is 2.46. The third-order valence-corrected chi connectivity index (χ3v) is 4.50. The Balaban J connectivity index is 2.10. The van der Waals surface area contributed by atoms with E-state index >= 15 is 0 Å². The van der Waals surface area contributed by atoms with Crippen LogP contribution in [-0.2, 0) is 7.05 Å².